The van der Waals surface area contributed by atoms with E-state index in [-0.39, 0.29) is 12.3 Å². The molecular weight excluding hydrogens is 338 g/mol. The van der Waals surface area contributed by atoms with Crippen molar-refractivity contribution in [3.8, 4) is 0 Å². The summed E-state index contributed by atoms with van der Waals surface area (Å²) < 4.78 is 5.24. The average molecular weight is 367 g/mol. The molecule has 0 unspecified atom stereocenters. The first kappa shape index (κ1) is 19.5. The van der Waals surface area contributed by atoms with Gasteiger partial charge < -0.3 is 25.4 Å². The predicted molar refractivity (Wildman–Crippen MR) is 93.2 cm³/mol. The molecule has 146 valence electrons. The highest BCUT2D eigenvalue weighted by Crippen LogP contribution is 2.50. The fourth-order valence-corrected chi connectivity index (χ4v) is 4.26. The van der Waals surface area contributed by atoms with Crippen molar-refractivity contribution in [2.45, 2.75) is 87.9 Å². The third kappa shape index (κ3) is 3.58. The van der Waals surface area contributed by atoms with E-state index in [4.69, 9.17) is 4.74 Å². The first-order chi connectivity index (χ1) is 12.4. The van der Waals surface area contributed by atoms with E-state index >= 15 is 0 Å². The molecule has 0 aromatic rings. The molecule has 1 heterocycles. The van der Waals surface area contributed by atoms with Crippen LogP contribution in [0, 0.1) is 5.92 Å². The molecule has 2 saturated carbocycles. The molecule has 2 bridgehead atoms. The van der Waals surface area contributed by atoms with Gasteiger partial charge in [0.1, 0.15) is 12.2 Å². The summed E-state index contributed by atoms with van der Waals surface area (Å²) >= 11 is 0. The Kier molecular flexibility index (Phi) is 5.81. The van der Waals surface area contributed by atoms with E-state index in [0.717, 1.165) is 19.3 Å². The molecule has 0 radical (unpaired) electrons. The SMILES string of the molecule is CCCCCCC/C=C\C(=O)N[C@H]1C[C@@]2(O)C(=O)[C@H]([C@@H](O)[C@@H]3O[C@@H]32)[C@@H]1O. The van der Waals surface area contributed by atoms with Crippen molar-refractivity contribution in [2.75, 3.05) is 0 Å². The van der Waals surface area contributed by atoms with Crippen molar-refractivity contribution >= 4 is 11.7 Å². The molecule has 2 aliphatic carbocycles. The second kappa shape index (κ2) is 7.76. The van der Waals surface area contributed by atoms with E-state index in [0.29, 0.717) is 0 Å². The fraction of sp³-hybridized carbons (Fsp3) is 0.789. The smallest absolute Gasteiger partial charge is 0.243 e. The van der Waals surface area contributed by atoms with Crippen molar-refractivity contribution < 1.29 is 29.6 Å². The monoisotopic (exact) mass is 367 g/mol. The van der Waals surface area contributed by atoms with Crippen LogP contribution in [0.1, 0.15) is 51.9 Å². The predicted octanol–water partition coefficient (Wildman–Crippen LogP) is 0.211. The molecule has 1 aliphatic heterocycles. The minimum Gasteiger partial charge on any atom is -0.390 e. The number of amides is 1. The molecule has 3 aliphatic rings. The summed E-state index contributed by atoms with van der Waals surface area (Å²) in [6.07, 6.45) is 5.97. The van der Waals surface area contributed by atoms with Crippen LogP contribution >= 0.6 is 0 Å². The lowest BCUT2D eigenvalue weighted by atomic mass is 9.64. The standard InChI is InChI=1S/C19H29NO6/c1-2-3-4-5-6-7-8-9-12(21)20-11-10-19(25)17(24)13(14(11)22)15(23)16-18(19)26-16/h8-9,11,13-16,18,22-23,25H,2-7,10H2,1H3,(H,20,21)/b9-8-/t11-,13-,14+,15+,16-,18-,19+/m0/s1. The van der Waals surface area contributed by atoms with Gasteiger partial charge in [-0.05, 0) is 18.9 Å². The Balaban J connectivity index is 1.52. The minimum absolute atomic E-state index is 0.103. The second-order valence-electron chi connectivity index (χ2n) is 7.74. The average Bonchev–Trinajstić information content (AvgIpc) is 3.40. The first-order valence-electron chi connectivity index (χ1n) is 9.65. The summed E-state index contributed by atoms with van der Waals surface area (Å²) in [6, 6.07) is -0.802. The van der Waals surface area contributed by atoms with Crippen molar-refractivity contribution in [3.05, 3.63) is 12.2 Å². The number of hydrogen-bond acceptors (Lipinski definition) is 6. The maximum absolute atomic E-state index is 12.4. The van der Waals surface area contributed by atoms with Crippen LogP contribution in [0.15, 0.2) is 12.2 Å². The van der Waals surface area contributed by atoms with Crippen molar-refractivity contribution in [2.24, 2.45) is 5.92 Å². The number of carbonyl (C=O) groups excluding carboxylic acids is 2. The number of rotatable bonds is 8. The zero-order valence-corrected chi connectivity index (χ0v) is 15.1. The Labute approximate surface area is 153 Å². The Morgan fingerprint density at radius 2 is 2.00 bits per heavy atom. The molecule has 3 fully saturated rings. The number of aliphatic hydroxyl groups is 3. The van der Waals surface area contributed by atoms with Crippen LogP contribution in [0.25, 0.3) is 0 Å². The number of carbonyl (C=O) groups is 2. The van der Waals surface area contributed by atoms with Gasteiger partial charge in [-0.2, -0.15) is 0 Å². The molecule has 0 aromatic carbocycles. The molecule has 7 nitrogen and oxygen atoms in total. The number of aliphatic hydroxyl groups excluding tert-OH is 2. The number of ether oxygens (including phenoxy) is 1. The number of nitrogens with one attached hydrogen (secondary N) is 1. The molecule has 3 rings (SSSR count). The quantitative estimate of drug-likeness (QED) is 0.277. The number of epoxide rings is 1. The normalized spacial score (nSPS) is 41.2. The van der Waals surface area contributed by atoms with E-state index in [2.05, 4.69) is 12.2 Å². The van der Waals surface area contributed by atoms with Gasteiger partial charge in [-0.15, -0.1) is 0 Å². The summed E-state index contributed by atoms with van der Waals surface area (Å²) in [5, 5.41) is 33.9. The van der Waals surface area contributed by atoms with Crippen LogP contribution in [0.3, 0.4) is 0 Å². The summed E-state index contributed by atoms with van der Waals surface area (Å²) in [6.45, 7) is 2.16. The lowest BCUT2D eigenvalue weighted by Gasteiger charge is -2.46. The van der Waals surface area contributed by atoms with E-state index in [1.54, 1.807) is 6.08 Å². The summed E-state index contributed by atoms with van der Waals surface area (Å²) in [4.78, 5) is 24.5. The van der Waals surface area contributed by atoms with Gasteiger partial charge >= 0.3 is 0 Å². The van der Waals surface area contributed by atoms with Crippen LogP contribution in [-0.2, 0) is 14.3 Å². The molecule has 0 aromatic heterocycles. The van der Waals surface area contributed by atoms with Gasteiger partial charge in [-0.3, -0.25) is 9.59 Å². The number of ketones is 1. The molecular formula is C19H29NO6. The zero-order chi connectivity index (χ0) is 18.9. The molecule has 0 spiro atoms. The van der Waals surface area contributed by atoms with Gasteiger partial charge in [0.2, 0.25) is 5.91 Å². The van der Waals surface area contributed by atoms with Gasteiger partial charge in [-0.1, -0.05) is 38.7 Å². The van der Waals surface area contributed by atoms with Gasteiger partial charge in [0.25, 0.3) is 0 Å². The van der Waals surface area contributed by atoms with Crippen LogP contribution in [-0.4, -0.2) is 63.1 Å². The number of allylic oxidation sites excluding steroid dienone is 1. The highest BCUT2D eigenvalue weighted by atomic mass is 16.6. The van der Waals surface area contributed by atoms with E-state index in [9.17, 15) is 24.9 Å². The van der Waals surface area contributed by atoms with Crippen molar-refractivity contribution in [1.82, 2.24) is 5.32 Å². The molecule has 4 N–H and O–H groups in total. The van der Waals surface area contributed by atoms with E-state index in [1.165, 1.54) is 25.3 Å². The fourth-order valence-electron chi connectivity index (χ4n) is 4.26. The van der Waals surface area contributed by atoms with Crippen LogP contribution in [0.4, 0.5) is 0 Å². The molecule has 1 amide bonds. The molecule has 26 heavy (non-hydrogen) atoms. The lowest BCUT2D eigenvalue weighted by molar-refractivity contribution is -0.171. The number of unbranched alkanes of at least 4 members (excludes halogenated alkanes) is 5. The van der Waals surface area contributed by atoms with Crippen LogP contribution in [0.5, 0.6) is 0 Å². The summed E-state index contributed by atoms with van der Waals surface area (Å²) in [5.41, 5.74) is -1.74. The first-order valence-corrected chi connectivity index (χ1v) is 9.65. The van der Waals surface area contributed by atoms with E-state index < -0.39 is 47.8 Å². The summed E-state index contributed by atoms with van der Waals surface area (Å²) in [5.74, 6) is -2.10. The Bertz CT molecular complexity index is 578. The van der Waals surface area contributed by atoms with Crippen LogP contribution < -0.4 is 5.32 Å². The molecule has 1 saturated heterocycles. The summed E-state index contributed by atoms with van der Waals surface area (Å²) in [7, 11) is 0. The van der Waals surface area contributed by atoms with Crippen molar-refractivity contribution in [3.63, 3.8) is 0 Å². The Morgan fingerprint density at radius 3 is 2.73 bits per heavy atom. The Morgan fingerprint density at radius 1 is 1.27 bits per heavy atom. The Hall–Kier alpha value is -1.28. The zero-order valence-electron chi connectivity index (χ0n) is 15.1. The van der Waals surface area contributed by atoms with Crippen LogP contribution in [0.2, 0.25) is 0 Å². The van der Waals surface area contributed by atoms with Gasteiger partial charge in [0.05, 0.1) is 24.2 Å². The maximum Gasteiger partial charge on any atom is 0.243 e. The largest absolute Gasteiger partial charge is 0.390 e. The lowest BCUT2D eigenvalue weighted by Crippen LogP contribution is -2.69. The second-order valence-corrected chi connectivity index (χ2v) is 7.74. The highest BCUT2D eigenvalue weighted by molar-refractivity contribution is 5.94. The van der Waals surface area contributed by atoms with E-state index in [1.807, 2.05) is 0 Å². The van der Waals surface area contributed by atoms with Gasteiger partial charge in [-0.25, -0.2) is 0 Å². The van der Waals surface area contributed by atoms with Gasteiger partial charge in [0.15, 0.2) is 11.4 Å². The third-order valence-corrected chi connectivity index (χ3v) is 5.81. The maximum atomic E-state index is 12.4. The number of Topliss-reactive ketones (excluding diaryl/α,β-unsaturated/α-hetero) is 1. The topological polar surface area (TPSA) is 119 Å². The molecule has 7 atom stereocenters. The molecule has 7 heteroatoms. The number of fused-ring (bicyclic) bond motifs is 4. The third-order valence-electron chi connectivity index (χ3n) is 5.81. The van der Waals surface area contributed by atoms with Gasteiger partial charge in [0, 0.05) is 6.42 Å². The van der Waals surface area contributed by atoms with Crippen molar-refractivity contribution in [1.29, 1.82) is 0 Å². The highest BCUT2D eigenvalue weighted by Gasteiger charge is 2.72. The minimum atomic E-state index is -1.74. The number of hydrogen-bond donors (Lipinski definition) is 4.